The van der Waals surface area contributed by atoms with Crippen molar-refractivity contribution in [3.63, 3.8) is 0 Å². The minimum absolute atomic E-state index is 0.00325. The summed E-state index contributed by atoms with van der Waals surface area (Å²) in [6.07, 6.45) is -5.35. The number of carbonyl (C=O) groups excluding carboxylic acids is 1. The van der Waals surface area contributed by atoms with Gasteiger partial charge in [-0.15, -0.1) is 0 Å². The molecule has 1 N–H and O–H groups in total. The summed E-state index contributed by atoms with van der Waals surface area (Å²) >= 11 is 0. The Bertz CT molecular complexity index is 973. The van der Waals surface area contributed by atoms with E-state index in [0.29, 0.717) is 19.0 Å². The molecule has 28 heavy (non-hydrogen) atoms. The van der Waals surface area contributed by atoms with Gasteiger partial charge in [-0.05, 0) is 25.0 Å². The lowest BCUT2D eigenvalue weighted by Crippen LogP contribution is -2.29. The number of halogens is 4. The highest BCUT2D eigenvalue weighted by atomic mass is 19.3. The molecular weight excluding hydrogens is 376 g/mol. The van der Waals surface area contributed by atoms with Crippen molar-refractivity contribution in [1.82, 2.24) is 20.1 Å². The number of alkyl halides is 4. The number of benzene rings is 1. The van der Waals surface area contributed by atoms with Crippen LogP contribution in [0, 0.1) is 6.92 Å². The molecule has 9 heteroatoms. The molecule has 148 valence electrons. The smallest absolute Gasteiger partial charge is 0.280 e. The van der Waals surface area contributed by atoms with Crippen LogP contribution in [0.5, 0.6) is 0 Å². The van der Waals surface area contributed by atoms with E-state index in [2.05, 4.69) is 15.4 Å². The number of carbonyl (C=O) groups is 1. The molecule has 3 aromatic rings. The van der Waals surface area contributed by atoms with Gasteiger partial charge in [-0.1, -0.05) is 30.3 Å². The van der Waals surface area contributed by atoms with E-state index in [1.54, 1.807) is 0 Å². The molecule has 0 aliphatic carbocycles. The van der Waals surface area contributed by atoms with Gasteiger partial charge >= 0.3 is 0 Å². The number of aromatic nitrogens is 3. The summed E-state index contributed by atoms with van der Waals surface area (Å²) < 4.78 is 53.8. The molecule has 0 saturated carbocycles. The molecule has 2 aromatic heterocycles. The van der Waals surface area contributed by atoms with Crippen LogP contribution in [-0.2, 0) is 17.8 Å². The minimum Gasteiger partial charge on any atom is -0.354 e. The predicted molar refractivity (Wildman–Crippen MR) is 95.3 cm³/mol. The van der Waals surface area contributed by atoms with Crippen molar-refractivity contribution in [2.45, 2.75) is 32.7 Å². The van der Waals surface area contributed by atoms with Gasteiger partial charge in [0.2, 0.25) is 5.91 Å². The fourth-order valence-corrected chi connectivity index (χ4v) is 2.98. The van der Waals surface area contributed by atoms with Gasteiger partial charge in [0.25, 0.3) is 12.9 Å². The number of amides is 1. The van der Waals surface area contributed by atoms with Gasteiger partial charge in [0.1, 0.15) is 12.2 Å². The second kappa shape index (κ2) is 8.37. The Morgan fingerprint density at radius 3 is 2.50 bits per heavy atom. The summed E-state index contributed by atoms with van der Waals surface area (Å²) in [4.78, 5) is 16.0. The summed E-state index contributed by atoms with van der Waals surface area (Å²) in [6.45, 7) is 1.54. The van der Waals surface area contributed by atoms with E-state index in [9.17, 15) is 22.4 Å². The van der Waals surface area contributed by atoms with Crippen molar-refractivity contribution in [3.05, 3.63) is 58.9 Å². The Labute approximate surface area is 158 Å². The Hall–Kier alpha value is -2.97. The molecule has 0 saturated heterocycles. The fraction of sp³-hybridized carbons (Fsp3) is 0.316. The maximum atomic E-state index is 13.3. The average molecular weight is 394 g/mol. The predicted octanol–water partition coefficient (Wildman–Crippen LogP) is 3.97. The maximum absolute atomic E-state index is 13.3. The number of aryl methyl sites for hydroxylation is 1. The zero-order valence-electron chi connectivity index (χ0n) is 15.0. The third-order valence-electron chi connectivity index (χ3n) is 4.26. The fourth-order valence-electron chi connectivity index (χ4n) is 2.98. The van der Waals surface area contributed by atoms with E-state index in [1.807, 2.05) is 30.3 Å². The normalized spacial score (nSPS) is 11.5. The first kappa shape index (κ1) is 19.8. The standard InChI is InChI=1S/C19H18F4N4O/c1-11-16-13(17(20)21)9-14(18(22)23)25-19(16)27(26-11)10-15(28)24-8-7-12-5-3-2-4-6-12/h2-6,9,17-18H,7-8,10H2,1H3,(H,24,28). The highest BCUT2D eigenvalue weighted by Gasteiger charge is 2.23. The molecular formula is C19H18F4N4O. The number of hydrogen-bond acceptors (Lipinski definition) is 3. The minimum atomic E-state index is -3.01. The van der Waals surface area contributed by atoms with Crippen molar-refractivity contribution < 1.29 is 22.4 Å². The quantitative estimate of drug-likeness (QED) is 0.617. The molecule has 0 aliphatic rings. The average Bonchev–Trinajstić information content (AvgIpc) is 2.97. The van der Waals surface area contributed by atoms with Crippen LogP contribution in [-0.4, -0.2) is 27.2 Å². The van der Waals surface area contributed by atoms with Crippen molar-refractivity contribution in [2.75, 3.05) is 6.54 Å². The van der Waals surface area contributed by atoms with Crippen molar-refractivity contribution in [3.8, 4) is 0 Å². The van der Waals surface area contributed by atoms with Crippen LogP contribution < -0.4 is 5.32 Å². The first-order valence-corrected chi connectivity index (χ1v) is 8.61. The molecule has 0 fully saturated rings. The summed E-state index contributed by atoms with van der Waals surface area (Å²) in [5.41, 5.74) is -0.227. The number of pyridine rings is 1. The van der Waals surface area contributed by atoms with Gasteiger partial charge in [-0.25, -0.2) is 27.2 Å². The Balaban J connectivity index is 1.79. The van der Waals surface area contributed by atoms with Gasteiger partial charge < -0.3 is 5.32 Å². The number of fused-ring (bicyclic) bond motifs is 1. The van der Waals surface area contributed by atoms with Gasteiger partial charge in [0, 0.05) is 12.1 Å². The van der Waals surface area contributed by atoms with Gasteiger partial charge in [-0.3, -0.25) is 4.79 Å². The third kappa shape index (κ3) is 4.29. The van der Waals surface area contributed by atoms with Crippen LogP contribution in [0.25, 0.3) is 11.0 Å². The van der Waals surface area contributed by atoms with E-state index >= 15 is 0 Å². The molecule has 0 radical (unpaired) electrons. The molecule has 0 spiro atoms. The molecule has 0 bridgehead atoms. The number of nitrogens with one attached hydrogen (secondary N) is 1. The molecule has 5 nitrogen and oxygen atoms in total. The molecule has 0 unspecified atom stereocenters. The molecule has 1 aromatic carbocycles. The first-order valence-electron chi connectivity index (χ1n) is 8.61. The Morgan fingerprint density at radius 1 is 1.14 bits per heavy atom. The lowest BCUT2D eigenvalue weighted by molar-refractivity contribution is -0.121. The topological polar surface area (TPSA) is 59.8 Å². The summed E-state index contributed by atoms with van der Waals surface area (Å²) in [6, 6.07) is 10.2. The maximum Gasteiger partial charge on any atom is 0.280 e. The summed E-state index contributed by atoms with van der Waals surface area (Å²) in [5.74, 6) is -0.414. The van der Waals surface area contributed by atoms with E-state index in [-0.39, 0.29) is 23.3 Å². The van der Waals surface area contributed by atoms with E-state index in [4.69, 9.17) is 0 Å². The van der Waals surface area contributed by atoms with Crippen LogP contribution in [0.3, 0.4) is 0 Å². The Morgan fingerprint density at radius 2 is 1.86 bits per heavy atom. The Kier molecular flexibility index (Phi) is 5.91. The highest BCUT2D eigenvalue weighted by molar-refractivity contribution is 5.84. The molecule has 2 heterocycles. The van der Waals surface area contributed by atoms with Gasteiger partial charge in [0.05, 0.1) is 11.1 Å². The van der Waals surface area contributed by atoms with Crippen LogP contribution in [0.15, 0.2) is 36.4 Å². The summed E-state index contributed by atoms with van der Waals surface area (Å²) in [5, 5.41) is 6.76. The van der Waals surface area contributed by atoms with E-state index < -0.39 is 30.0 Å². The number of rotatable bonds is 7. The molecule has 3 rings (SSSR count). The zero-order valence-corrected chi connectivity index (χ0v) is 15.0. The molecule has 1 amide bonds. The third-order valence-corrected chi connectivity index (χ3v) is 4.26. The summed E-state index contributed by atoms with van der Waals surface area (Å²) in [7, 11) is 0. The molecule has 0 atom stereocenters. The SMILES string of the molecule is Cc1nn(CC(=O)NCCc2ccccc2)c2nc(C(F)F)cc(C(F)F)c12. The van der Waals surface area contributed by atoms with E-state index in [1.165, 1.54) is 6.92 Å². The van der Waals surface area contributed by atoms with Crippen molar-refractivity contribution in [2.24, 2.45) is 0 Å². The van der Waals surface area contributed by atoms with Crippen LogP contribution in [0.1, 0.15) is 35.4 Å². The van der Waals surface area contributed by atoms with Crippen LogP contribution in [0.4, 0.5) is 17.6 Å². The first-order chi connectivity index (χ1) is 13.4. The lowest BCUT2D eigenvalue weighted by Gasteiger charge is -2.08. The second-order valence-electron chi connectivity index (χ2n) is 6.26. The number of nitrogens with zero attached hydrogens (tertiary/aromatic N) is 3. The van der Waals surface area contributed by atoms with Crippen molar-refractivity contribution >= 4 is 16.9 Å². The van der Waals surface area contributed by atoms with Crippen LogP contribution >= 0.6 is 0 Å². The second-order valence-corrected chi connectivity index (χ2v) is 6.26. The van der Waals surface area contributed by atoms with Crippen LogP contribution in [0.2, 0.25) is 0 Å². The highest BCUT2D eigenvalue weighted by Crippen LogP contribution is 2.32. The zero-order chi connectivity index (χ0) is 20.3. The lowest BCUT2D eigenvalue weighted by atomic mass is 10.1. The molecule has 0 aliphatic heterocycles. The van der Waals surface area contributed by atoms with Crippen molar-refractivity contribution in [1.29, 1.82) is 0 Å². The van der Waals surface area contributed by atoms with Gasteiger partial charge in [-0.2, -0.15) is 5.10 Å². The van der Waals surface area contributed by atoms with E-state index in [0.717, 1.165) is 10.2 Å². The monoisotopic (exact) mass is 394 g/mol. The largest absolute Gasteiger partial charge is 0.354 e. The number of hydrogen-bond donors (Lipinski definition) is 1. The van der Waals surface area contributed by atoms with Gasteiger partial charge in [0.15, 0.2) is 5.65 Å².